The fourth-order valence-corrected chi connectivity index (χ4v) is 4.56. The second kappa shape index (κ2) is 7.88. The summed E-state index contributed by atoms with van der Waals surface area (Å²) in [6, 6.07) is 6.85. The summed E-state index contributed by atoms with van der Waals surface area (Å²) in [6.07, 6.45) is -8.90. The van der Waals surface area contributed by atoms with Crippen LogP contribution in [0.25, 0.3) is 10.9 Å². The molecular formula is C21H14F6N2O2S. The highest BCUT2D eigenvalue weighted by Gasteiger charge is 2.41. The molecule has 0 bridgehead atoms. The number of rotatable bonds is 4. The first-order valence-corrected chi connectivity index (χ1v) is 10.3. The van der Waals surface area contributed by atoms with Crippen molar-refractivity contribution in [1.29, 1.82) is 0 Å². The van der Waals surface area contributed by atoms with Crippen molar-refractivity contribution in [2.45, 2.75) is 24.8 Å². The monoisotopic (exact) mass is 472 g/mol. The van der Waals surface area contributed by atoms with Crippen LogP contribution < -0.4 is 0 Å². The summed E-state index contributed by atoms with van der Waals surface area (Å²) in [6.45, 7) is 0. The van der Waals surface area contributed by atoms with Gasteiger partial charge in [-0.2, -0.15) is 26.3 Å². The Kier molecular flexibility index (Phi) is 5.48. The maximum atomic E-state index is 13.7. The van der Waals surface area contributed by atoms with Gasteiger partial charge in [-0.05, 0) is 41.8 Å². The van der Waals surface area contributed by atoms with E-state index in [0.717, 1.165) is 22.7 Å². The predicted molar refractivity (Wildman–Crippen MR) is 106 cm³/mol. The first-order chi connectivity index (χ1) is 15.0. The number of aromatic amines is 1. The summed E-state index contributed by atoms with van der Waals surface area (Å²) in [5.74, 6) is -0.726. The number of hydrogen-bond donors (Lipinski definition) is 1. The molecule has 2 aromatic carbocycles. The third-order valence-corrected chi connectivity index (χ3v) is 6.07. The molecule has 4 nitrogen and oxygen atoms in total. The minimum atomic E-state index is -5.06. The number of H-pyrrole nitrogens is 1. The topological polar surface area (TPSA) is 53.2 Å². The van der Waals surface area contributed by atoms with Gasteiger partial charge in [0, 0.05) is 17.1 Å². The number of alkyl halides is 6. The molecule has 11 heteroatoms. The first-order valence-electron chi connectivity index (χ1n) is 9.29. The summed E-state index contributed by atoms with van der Waals surface area (Å²) in [7, 11) is 0. The minimum absolute atomic E-state index is 0.0612. The Morgan fingerprint density at radius 1 is 1.00 bits per heavy atom. The standard InChI is InChI=1S/C21H14F6N2O2S/c22-20(23,24)12-5-4-11(15(9-12)21(25,26)27)8-17(29-18(30)10-32-19(29)31)14-2-1-3-16-13(14)6-7-28-16/h1-7,9,17,28H,8,10H2. The number of thioether (sulfide) groups is 1. The van der Waals surface area contributed by atoms with Gasteiger partial charge in [-0.15, -0.1) is 0 Å². The summed E-state index contributed by atoms with van der Waals surface area (Å²) in [5.41, 5.74) is -2.27. The van der Waals surface area contributed by atoms with Crippen LogP contribution >= 0.6 is 11.8 Å². The van der Waals surface area contributed by atoms with Crippen LogP contribution in [0, 0.1) is 0 Å². The van der Waals surface area contributed by atoms with E-state index in [4.69, 9.17) is 0 Å². The second-order valence-electron chi connectivity index (χ2n) is 7.19. The molecule has 2 heterocycles. The molecule has 0 aliphatic carbocycles. The molecule has 0 radical (unpaired) electrons. The van der Waals surface area contributed by atoms with Gasteiger partial charge in [0.25, 0.3) is 5.24 Å². The van der Waals surface area contributed by atoms with Gasteiger partial charge in [0.1, 0.15) is 0 Å². The molecule has 168 valence electrons. The lowest BCUT2D eigenvalue weighted by atomic mass is 9.91. The summed E-state index contributed by atoms with van der Waals surface area (Å²) in [4.78, 5) is 28.7. The first kappa shape index (κ1) is 22.3. The van der Waals surface area contributed by atoms with E-state index in [0.29, 0.717) is 22.5 Å². The van der Waals surface area contributed by atoms with E-state index >= 15 is 0 Å². The quantitative estimate of drug-likeness (QED) is 0.461. The second-order valence-corrected chi connectivity index (χ2v) is 8.12. The normalized spacial score (nSPS) is 16.2. The minimum Gasteiger partial charge on any atom is -0.361 e. The van der Waals surface area contributed by atoms with E-state index < -0.39 is 52.7 Å². The maximum absolute atomic E-state index is 13.7. The summed E-state index contributed by atoms with van der Waals surface area (Å²) in [5, 5.41) is -0.0246. The van der Waals surface area contributed by atoms with Crippen molar-refractivity contribution in [2.24, 2.45) is 0 Å². The van der Waals surface area contributed by atoms with E-state index in [1.807, 2.05) is 0 Å². The smallest absolute Gasteiger partial charge is 0.361 e. The lowest BCUT2D eigenvalue weighted by molar-refractivity contribution is -0.143. The van der Waals surface area contributed by atoms with E-state index in [-0.39, 0.29) is 11.8 Å². The fraction of sp³-hybridized carbons (Fsp3) is 0.238. The van der Waals surface area contributed by atoms with Gasteiger partial charge in [0.2, 0.25) is 5.91 Å². The Labute approximate surface area is 181 Å². The van der Waals surface area contributed by atoms with Gasteiger partial charge in [-0.1, -0.05) is 30.0 Å². The van der Waals surface area contributed by atoms with Crippen LogP contribution in [0.3, 0.4) is 0 Å². The number of carbonyl (C=O) groups excluding carboxylic acids is 2. The van der Waals surface area contributed by atoms with Gasteiger partial charge in [-0.25, -0.2) is 0 Å². The van der Waals surface area contributed by atoms with Crippen LogP contribution in [-0.2, 0) is 23.6 Å². The highest BCUT2D eigenvalue weighted by atomic mass is 32.2. The van der Waals surface area contributed by atoms with Crippen LogP contribution in [0.1, 0.15) is 28.3 Å². The molecule has 1 aliphatic heterocycles. The number of benzene rings is 2. The van der Waals surface area contributed by atoms with Crippen LogP contribution in [0.15, 0.2) is 48.7 Å². The average Bonchev–Trinajstić information content (AvgIpc) is 3.31. The summed E-state index contributed by atoms with van der Waals surface area (Å²) >= 11 is 0.729. The highest BCUT2D eigenvalue weighted by Crippen LogP contribution is 2.41. The van der Waals surface area contributed by atoms with Crippen molar-refractivity contribution in [2.75, 3.05) is 5.75 Å². The van der Waals surface area contributed by atoms with Crippen molar-refractivity contribution in [3.05, 3.63) is 70.9 Å². The van der Waals surface area contributed by atoms with Crippen LogP contribution in [-0.4, -0.2) is 26.8 Å². The number of hydrogen-bond acceptors (Lipinski definition) is 3. The molecule has 2 amide bonds. The Morgan fingerprint density at radius 3 is 2.38 bits per heavy atom. The number of nitrogens with zero attached hydrogens (tertiary/aromatic N) is 1. The Bertz CT molecular complexity index is 1180. The van der Waals surface area contributed by atoms with Gasteiger partial charge >= 0.3 is 12.4 Å². The zero-order valence-corrected chi connectivity index (χ0v) is 16.9. The zero-order chi connectivity index (χ0) is 23.3. The molecular weight excluding hydrogens is 458 g/mol. The third-order valence-electron chi connectivity index (χ3n) is 5.24. The van der Waals surface area contributed by atoms with Crippen LogP contribution in [0.2, 0.25) is 0 Å². The largest absolute Gasteiger partial charge is 0.416 e. The number of halogens is 6. The highest BCUT2D eigenvalue weighted by molar-refractivity contribution is 8.14. The molecule has 1 aliphatic rings. The van der Waals surface area contributed by atoms with Crippen LogP contribution in [0.5, 0.6) is 0 Å². The number of nitrogens with one attached hydrogen (secondary N) is 1. The molecule has 1 saturated heterocycles. The molecule has 3 aromatic rings. The lowest BCUT2D eigenvalue weighted by Crippen LogP contribution is -2.35. The van der Waals surface area contributed by atoms with Gasteiger partial charge in [0.15, 0.2) is 0 Å². The number of imide groups is 1. The molecule has 1 N–H and O–H groups in total. The number of amides is 2. The fourth-order valence-electron chi connectivity index (χ4n) is 3.81. The molecule has 0 saturated carbocycles. The van der Waals surface area contributed by atoms with Gasteiger partial charge in [-0.3, -0.25) is 14.5 Å². The maximum Gasteiger partial charge on any atom is 0.416 e. The molecule has 32 heavy (non-hydrogen) atoms. The lowest BCUT2D eigenvalue weighted by Gasteiger charge is -2.28. The van der Waals surface area contributed by atoms with Gasteiger partial charge in [0.05, 0.1) is 22.9 Å². The van der Waals surface area contributed by atoms with E-state index in [9.17, 15) is 35.9 Å². The molecule has 1 aromatic heterocycles. The molecule has 0 spiro atoms. The predicted octanol–water partition coefficient (Wildman–Crippen LogP) is 6.18. The Hall–Kier alpha value is -2.95. The van der Waals surface area contributed by atoms with E-state index in [1.165, 1.54) is 0 Å². The molecule has 1 fully saturated rings. The zero-order valence-electron chi connectivity index (χ0n) is 16.1. The average molecular weight is 472 g/mol. The molecule has 1 unspecified atom stereocenters. The van der Waals surface area contributed by atoms with Crippen molar-refractivity contribution in [3.8, 4) is 0 Å². The Morgan fingerprint density at radius 2 is 1.75 bits per heavy atom. The number of fused-ring (bicyclic) bond motifs is 1. The van der Waals surface area contributed by atoms with Crippen molar-refractivity contribution >= 4 is 33.8 Å². The molecule has 4 rings (SSSR count). The Balaban J connectivity index is 1.86. The van der Waals surface area contributed by atoms with E-state index in [1.54, 1.807) is 30.5 Å². The number of carbonyl (C=O) groups is 2. The van der Waals surface area contributed by atoms with E-state index in [2.05, 4.69) is 4.98 Å². The summed E-state index contributed by atoms with van der Waals surface area (Å²) < 4.78 is 80.1. The van der Waals surface area contributed by atoms with Crippen molar-refractivity contribution in [1.82, 2.24) is 9.88 Å². The van der Waals surface area contributed by atoms with Crippen LogP contribution in [0.4, 0.5) is 31.1 Å². The SMILES string of the molecule is O=C1CSC(=O)N1C(Cc1ccc(C(F)(F)F)cc1C(F)(F)F)c1cccc2[nH]ccc12. The van der Waals surface area contributed by atoms with Crippen molar-refractivity contribution in [3.63, 3.8) is 0 Å². The molecule has 1 atom stereocenters. The van der Waals surface area contributed by atoms with Gasteiger partial charge < -0.3 is 4.98 Å². The number of aromatic nitrogens is 1. The van der Waals surface area contributed by atoms with Crippen molar-refractivity contribution < 1.29 is 35.9 Å². The third kappa shape index (κ3) is 4.08.